The molecule has 0 aromatic carbocycles. The Kier molecular flexibility index (Phi) is 4.92. The molecular weight excluding hydrogens is 258 g/mol. The molecule has 2 heterocycles. The SMILES string of the molecule is CC(C)Oc1cccnc1C(=O)NCC1CNCC1O. The lowest BCUT2D eigenvalue weighted by molar-refractivity contribution is 0.0916. The summed E-state index contributed by atoms with van der Waals surface area (Å²) < 4.78 is 5.57. The molecular formula is C14H21N3O3. The Bertz CT molecular complexity index is 465. The fraction of sp³-hybridized carbons (Fsp3) is 0.571. The lowest BCUT2D eigenvalue weighted by Gasteiger charge is -2.16. The van der Waals surface area contributed by atoms with E-state index in [1.165, 1.54) is 0 Å². The monoisotopic (exact) mass is 279 g/mol. The number of aliphatic hydroxyl groups excluding tert-OH is 1. The van der Waals surface area contributed by atoms with E-state index in [-0.39, 0.29) is 23.6 Å². The van der Waals surface area contributed by atoms with Crippen molar-refractivity contribution in [2.24, 2.45) is 5.92 Å². The molecule has 0 saturated carbocycles. The largest absolute Gasteiger partial charge is 0.489 e. The van der Waals surface area contributed by atoms with Crippen LogP contribution < -0.4 is 15.4 Å². The van der Waals surface area contributed by atoms with Gasteiger partial charge in [-0.3, -0.25) is 4.79 Å². The van der Waals surface area contributed by atoms with Crippen LogP contribution >= 0.6 is 0 Å². The first-order chi connectivity index (χ1) is 9.58. The van der Waals surface area contributed by atoms with Crippen molar-refractivity contribution >= 4 is 5.91 Å². The third kappa shape index (κ3) is 3.68. The van der Waals surface area contributed by atoms with Crippen molar-refractivity contribution < 1.29 is 14.6 Å². The van der Waals surface area contributed by atoms with E-state index in [0.717, 1.165) is 0 Å². The fourth-order valence-corrected chi connectivity index (χ4v) is 2.15. The van der Waals surface area contributed by atoms with Crippen molar-refractivity contribution in [3.63, 3.8) is 0 Å². The summed E-state index contributed by atoms with van der Waals surface area (Å²) in [6.45, 7) is 5.50. The van der Waals surface area contributed by atoms with Crippen molar-refractivity contribution in [1.29, 1.82) is 0 Å². The van der Waals surface area contributed by atoms with E-state index in [0.29, 0.717) is 25.4 Å². The van der Waals surface area contributed by atoms with E-state index in [1.54, 1.807) is 18.3 Å². The van der Waals surface area contributed by atoms with Crippen LogP contribution in [-0.4, -0.2) is 47.8 Å². The number of hydrogen-bond donors (Lipinski definition) is 3. The third-order valence-electron chi connectivity index (χ3n) is 3.18. The van der Waals surface area contributed by atoms with Gasteiger partial charge in [0.1, 0.15) is 0 Å². The molecule has 1 saturated heterocycles. The van der Waals surface area contributed by atoms with E-state index >= 15 is 0 Å². The van der Waals surface area contributed by atoms with E-state index in [2.05, 4.69) is 15.6 Å². The number of pyridine rings is 1. The average molecular weight is 279 g/mol. The maximum Gasteiger partial charge on any atom is 0.273 e. The van der Waals surface area contributed by atoms with E-state index in [1.807, 2.05) is 13.8 Å². The molecule has 0 radical (unpaired) electrons. The number of carbonyl (C=O) groups is 1. The van der Waals surface area contributed by atoms with Gasteiger partial charge in [0.25, 0.3) is 5.91 Å². The number of β-amino-alcohol motifs (C(OH)–C–C–N with tert-alkyl or cyclic N) is 1. The molecule has 6 heteroatoms. The van der Waals surface area contributed by atoms with Crippen LogP contribution in [0.25, 0.3) is 0 Å². The second-order valence-corrected chi connectivity index (χ2v) is 5.21. The molecule has 20 heavy (non-hydrogen) atoms. The van der Waals surface area contributed by atoms with Gasteiger partial charge < -0.3 is 20.5 Å². The van der Waals surface area contributed by atoms with Crippen LogP contribution in [0.15, 0.2) is 18.3 Å². The van der Waals surface area contributed by atoms with Crippen molar-refractivity contribution in [3.8, 4) is 5.75 Å². The predicted molar refractivity (Wildman–Crippen MR) is 74.7 cm³/mol. The first-order valence-electron chi connectivity index (χ1n) is 6.86. The molecule has 6 nitrogen and oxygen atoms in total. The van der Waals surface area contributed by atoms with Gasteiger partial charge in [-0.05, 0) is 26.0 Å². The molecule has 0 bridgehead atoms. The van der Waals surface area contributed by atoms with Crippen LogP contribution in [0.1, 0.15) is 24.3 Å². The molecule has 1 aromatic heterocycles. The second kappa shape index (κ2) is 6.67. The number of ether oxygens (including phenoxy) is 1. The highest BCUT2D eigenvalue weighted by Crippen LogP contribution is 2.17. The minimum absolute atomic E-state index is 0.0217. The first kappa shape index (κ1) is 14.7. The van der Waals surface area contributed by atoms with Gasteiger partial charge >= 0.3 is 0 Å². The summed E-state index contributed by atoms with van der Waals surface area (Å²) in [6, 6.07) is 3.47. The van der Waals surface area contributed by atoms with Gasteiger partial charge in [-0.25, -0.2) is 4.98 Å². The molecule has 2 unspecified atom stereocenters. The molecule has 1 aliphatic rings. The summed E-state index contributed by atoms with van der Waals surface area (Å²) in [6.07, 6.45) is 1.13. The van der Waals surface area contributed by atoms with Crippen LogP contribution in [0.5, 0.6) is 5.75 Å². The second-order valence-electron chi connectivity index (χ2n) is 5.21. The number of hydrogen-bond acceptors (Lipinski definition) is 5. The molecule has 0 aliphatic carbocycles. The minimum Gasteiger partial charge on any atom is -0.489 e. The van der Waals surface area contributed by atoms with Crippen molar-refractivity contribution in [2.75, 3.05) is 19.6 Å². The van der Waals surface area contributed by atoms with Gasteiger partial charge in [0.2, 0.25) is 0 Å². The van der Waals surface area contributed by atoms with Gasteiger partial charge in [-0.15, -0.1) is 0 Å². The van der Waals surface area contributed by atoms with Crippen LogP contribution in [0.2, 0.25) is 0 Å². The molecule has 3 N–H and O–H groups in total. The number of rotatable bonds is 5. The zero-order chi connectivity index (χ0) is 14.5. The van der Waals surface area contributed by atoms with Crippen LogP contribution in [0, 0.1) is 5.92 Å². The maximum absolute atomic E-state index is 12.2. The van der Waals surface area contributed by atoms with Gasteiger partial charge in [0, 0.05) is 31.7 Å². The summed E-state index contributed by atoms with van der Waals surface area (Å²) in [5.41, 5.74) is 0.279. The van der Waals surface area contributed by atoms with Gasteiger partial charge in [-0.2, -0.15) is 0 Å². The third-order valence-corrected chi connectivity index (χ3v) is 3.18. The number of aromatic nitrogens is 1. The Morgan fingerprint density at radius 3 is 3.05 bits per heavy atom. The standard InChI is InChI=1S/C14H21N3O3/c1-9(2)20-12-4-3-5-16-13(12)14(19)17-7-10-6-15-8-11(10)18/h3-5,9-11,15,18H,6-8H2,1-2H3,(H,17,19). The number of nitrogens with one attached hydrogen (secondary N) is 2. The number of nitrogens with zero attached hydrogens (tertiary/aromatic N) is 1. The van der Waals surface area contributed by atoms with Crippen molar-refractivity contribution in [3.05, 3.63) is 24.0 Å². The highest BCUT2D eigenvalue weighted by atomic mass is 16.5. The lowest BCUT2D eigenvalue weighted by atomic mass is 10.1. The molecule has 1 aliphatic heterocycles. The van der Waals surface area contributed by atoms with Crippen LogP contribution in [0.4, 0.5) is 0 Å². The highest BCUT2D eigenvalue weighted by molar-refractivity contribution is 5.94. The number of aliphatic hydroxyl groups is 1. The average Bonchev–Trinajstić information content (AvgIpc) is 2.81. The lowest BCUT2D eigenvalue weighted by Crippen LogP contribution is -2.35. The summed E-state index contributed by atoms with van der Waals surface area (Å²) in [5.74, 6) is 0.238. The minimum atomic E-state index is -0.412. The van der Waals surface area contributed by atoms with Crippen molar-refractivity contribution in [2.45, 2.75) is 26.1 Å². The van der Waals surface area contributed by atoms with E-state index in [9.17, 15) is 9.90 Å². The quantitative estimate of drug-likeness (QED) is 0.716. The number of carbonyl (C=O) groups excluding carboxylic acids is 1. The molecule has 1 aromatic rings. The summed E-state index contributed by atoms with van der Waals surface area (Å²) in [4.78, 5) is 16.2. The Hall–Kier alpha value is -1.66. The van der Waals surface area contributed by atoms with Crippen LogP contribution in [-0.2, 0) is 0 Å². The van der Waals surface area contributed by atoms with E-state index < -0.39 is 6.10 Å². The molecule has 2 rings (SSSR count). The van der Waals surface area contributed by atoms with Gasteiger partial charge in [-0.1, -0.05) is 0 Å². The topological polar surface area (TPSA) is 83.5 Å². The summed E-state index contributed by atoms with van der Waals surface area (Å²) in [5, 5.41) is 15.6. The summed E-state index contributed by atoms with van der Waals surface area (Å²) >= 11 is 0. The van der Waals surface area contributed by atoms with Crippen molar-refractivity contribution in [1.82, 2.24) is 15.6 Å². The predicted octanol–water partition coefficient (Wildman–Crippen LogP) is 0.179. The molecule has 2 atom stereocenters. The number of amides is 1. The zero-order valence-corrected chi connectivity index (χ0v) is 11.8. The zero-order valence-electron chi connectivity index (χ0n) is 11.8. The Balaban J connectivity index is 1.98. The van der Waals surface area contributed by atoms with Gasteiger partial charge in [0.05, 0.1) is 12.2 Å². The molecule has 110 valence electrons. The smallest absolute Gasteiger partial charge is 0.273 e. The maximum atomic E-state index is 12.2. The Morgan fingerprint density at radius 2 is 2.40 bits per heavy atom. The molecule has 1 fully saturated rings. The normalized spacial score (nSPS) is 22.0. The van der Waals surface area contributed by atoms with E-state index in [4.69, 9.17) is 4.74 Å². The van der Waals surface area contributed by atoms with Crippen LogP contribution in [0.3, 0.4) is 0 Å². The highest BCUT2D eigenvalue weighted by Gasteiger charge is 2.25. The summed E-state index contributed by atoms with van der Waals surface area (Å²) in [7, 11) is 0. The molecule has 1 amide bonds. The molecule has 0 spiro atoms. The van der Waals surface area contributed by atoms with Gasteiger partial charge in [0.15, 0.2) is 11.4 Å². The Morgan fingerprint density at radius 1 is 1.60 bits per heavy atom. The fourth-order valence-electron chi connectivity index (χ4n) is 2.15. The Labute approximate surface area is 118 Å². The first-order valence-corrected chi connectivity index (χ1v) is 6.86.